The predicted molar refractivity (Wildman–Crippen MR) is 48.4 cm³/mol. The van der Waals surface area contributed by atoms with E-state index in [1.54, 1.807) is 0 Å². The van der Waals surface area contributed by atoms with Crippen LogP contribution >= 0.6 is 11.6 Å². The molecule has 0 unspecified atom stereocenters. The van der Waals surface area contributed by atoms with Gasteiger partial charge in [0.15, 0.2) is 0 Å². The zero-order valence-corrected chi connectivity index (χ0v) is 8.32. The third-order valence-corrected chi connectivity index (χ3v) is 1.99. The SMILES string of the molecule is COc1ccc(C(=O)C(F)(F)F)c(Cl)c1. The number of carbonyl (C=O) groups is 1. The van der Waals surface area contributed by atoms with Gasteiger partial charge < -0.3 is 4.74 Å². The summed E-state index contributed by atoms with van der Waals surface area (Å²) in [6, 6.07) is 3.38. The highest BCUT2D eigenvalue weighted by Crippen LogP contribution is 2.28. The van der Waals surface area contributed by atoms with Crippen molar-refractivity contribution in [3.05, 3.63) is 28.8 Å². The number of benzene rings is 1. The van der Waals surface area contributed by atoms with Crippen LogP contribution in [0.1, 0.15) is 10.4 Å². The van der Waals surface area contributed by atoms with Crippen LogP contribution in [0, 0.1) is 0 Å². The van der Waals surface area contributed by atoms with E-state index >= 15 is 0 Å². The second kappa shape index (κ2) is 4.10. The Kier molecular flexibility index (Phi) is 3.24. The lowest BCUT2D eigenvalue weighted by molar-refractivity contribution is -0.0885. The first-order valence-corrected chi connectivity index (χ1v) is 4.19. The van der Waals surface area contributed by atoms with Crippen molar-refractivity contribution in [3.63, 3.8) is 0 Å². The summed E-state index contributed by atoms with van der Waals surface area (Å²) in [7, 11) is 1.34. The van der Waals surface area contributed by atoms with E-state index in [0.29, 0.717) is 5.75 Å². The fourth-order valence-electron chi connectivity index (χ4n) is 0.960. The average molecular weight is 239 g/mol. The first-order chi connectivity index (χ1) is 6.86. The number of alkyl halides is 3. The largest absolute Gasteiger partial charge is 0.497 e. The summed E-state index contributed by atoms with van der Waals surface area (Å²) in [5.74, 6) is -1.67. The van der Waals surface area contributed by atoms with Crippen molar-refractivity contribution in [1.82, 2.24) is 0 Å². The number of halogens is 4. The average Bonchev–Trinajstić information content (AvgIpc) is 2.15. The number of methoxy groups -OCH3 is 1. The highest BCUT2D eigenvalue weighted by Gasteiger charge is 2.40. The molecule has 2 nitrogen and oxygen atoms in total. The van der Waals surface area contributed by atoms with E-state index in [1.807, 2.05) is 0 Å². The van der Waals surface area contributed by atoms with Gasteiger partial charge in [0.1, 0.15) is 5.75 Å². The van der Waals surface area contributed by atoms with Crippen LogP contribution < -0.4 is 4.74 Å². The summed E-state index contributed by atoms with van der Waals surface area (Å²) >= 11 is 5.51. The van der Waals surface area contributed by atoms with Gasteiger partial charge in [-0.1, -0.05) is 11.6 Å². The zero-order chi connectivity index (χ0) is 11.6. The molecule has 0 aromatic heterocycles. The van der Waals surface area contributed by atoms with Crippen molar-refractivity contribution >= 4 is 17.4 Å². The Morgan fingerprint density at radius 2 is 2.00 bits per heavy atom. The van der Waals surface area contributed by atoms with Crippen molar-refractivity contribution in [2.24, 2.45) is 0 Å². The minimum atomic E-state index is -4.92. The predicted octanol–water partition coefficient (Wildman–Crippen LogP) is 3.09. The molecule has 0 radical (unpaired) electrons. The third-order valence-electron chi connectivity index (χ3n) is 1.68. The fraction of sp³-hybridized carbons (Fsp3) is 0.222. The van der Waals surface area contributed by atoms with Crippen LogP contribution in [0.3, 0.4) is 0 Å². The van der Waals surface area contributed by atoms with Gasteiger partial charge in [-0.3, -0.25) is 4.79 Å². The lowest BCUT2D eigenvalue weighted by atomic mass is 10.1. The normalized spacial score (nSPS) is 11.3. The summed E-state index contributed by atoms with van der Waals surface area (Å²) in [4.78, 5) is 10.8. The van der Waals surface area contributed by atoms with Gasteiger partial charge in [-0.15, -0.1) is 0 Å². The van der Waals surface area contributed by atoms with E-state index in [4.69, 9.17) is 16.3 Å². The van der Waals surface area contributed by atoms with Crippen LogP contribution in [-0.4, -0.2) is 19.1 Å². The Morgan fingerprint density at radius 1 is 1.40 bits per heavy atom. The van der Waals surface area contributed by atoms with E-state index in [9.17, 15) is 18.0 Å². The standard InChI is InChI=1S/C9H6ClF3O2/c1-15-5-2-3-6(7(10)4-5)8(14)9(11,12)13/h2-4H,1H3. The molecule has 0 atom stereocenters. The van der Waals surface area contributed by atoms with Gasteiger partial charge in [-0.05, 0) is 18.2 Å². The molecule has 15 heavy (non-hydrogen) atoms. The van der Waals surface area contributed by atoms with Gasteiger partial charge in [0, 0.05) is 5.56 Å². The molecule has 1 aromatic rings. The Hall–Kier alpha value is -1.23. The van der Waals surface area contributed by atoms with Gasteiger partial charge in [-0.2, -0.15) is 13.2 Å². The molecule has 0 spiro atoms. The number of ketones is 1. The van der Waals surface area contributed by atoms with Crippen molar-refractivity contribution in [2.75, 3.05) is 7.11 Å². The molecule has 0 N–H and O–H groups in total. The highest BCUT2D eigenvalue weighted by atomic mass is 35.5. The number of hydrogen-bond acceptors (Lipinski definition) is 2. The molecule has 0 saturated heterocycles. The van der Waals surface area contributed by atoms with Crippen molar-refractivity contribution in [1.29, 1.82) is 0 Å². The first-order valence-electron chi connectivity index (χ1n) is 3.81. The Balaban J connectivity index is 3.12. The number of carbonyl (C=O) groups excluding carboxylic acids is 1. The molecule has 0 amide bonds. The van der Waals surface area contributed by atoms with Gasteiger partial charge in [-0.25, -0.2) is 0 Å². The summed E-state index contributed by atoms with van der Waals surface area (Å²) in [6.45, 7) is 0. The minimum Gasteiger partial charge on any atom is -0.497 e. The Morgan fingerprint density at radius 3 is 2.40 bits per heavy atom. The summed E-state index contributed by atoms with van der Waals surface area (Å²) in [5, 5.41) is -0.281. The molecule has 0 saturated carbocycles. The molecule has 0 aliphatic rings. The van der Waals surface area contributed by atoms with Gasteiger partial charge in [0.25, 0.3) is 5.78 Å². The van der Waals surface area contributed by atoms with E-state index in [-0.39, 0.29) is 5.02 Å². The molecule has 0 heterocycles. The third kappa shape index (κ3) is 2.62. The van der Waals surface area contributed by atoms with Crippen LogP contribution in [0.15, 0.2) is 18.2 Å². The van der Waals surface area contributed by atoms with E-state index < -0.39 is 17.5 Å². The van der Waals surface area contributed by atoms with E-state index in [1.165, 1.54) is 13.2 Å². The van der Waals surface area contributed by atoms with Gasteiger partial charge in [0.05, 0.1) is 12.1 Å². The number of hydrogen-bond donors (Lipinski definition) is 0. The highest BCUT2D eigenvalue weighted by molar-refractivity contribution is 6.34. The second-order valence-electron chi connectivity index (χ2n) is 2.67. The zero-order valence-electron chi connectivity index (χ0n) is 7.56. The van der Waals surface area contributed by atoms with Gasteiger partial charge in [0.2, 0.25) is 0 Å². The maximum Gasteiger partial charge on any atom is 0.454 e. The van der Waals surface area contributed by atoms with Crippen molar-refractivity contribution < 1.29 is 22.7 Å². The first kappa shape index (κ1) is 11.8. The Bertz CT molecular complexity index is 387. The summed E-state index contributed by atoms with van der Waals surface area (Å²) < 4.78 is 40.9. The smallest absolute Gasteiger partial charge is 0.454 e. The lowest BCUT2D eigenvalue weighted by Gasteiger charge is -2.07. The molecular formula is C9H6ClF3O2. The lowest BCUT2D eigenvalue weighted by Crippen LogP contribution is -2.22. The van der Waals surface area contributed by atoms with E-state index in [0.717, 1.165) is 12.1 Å². The molecule has 1 aromatic carbocycles. The molecule has 0 aliphatic carbocycles. The number of rotatable bonds is 2. The topological polar surface area (TPSA) is 26.3 Å². The molecule has 0 bridgehead atoms. The number of Topliss-reactive ketones (excluding diaryl/α,β-unsaturated/α-hetero) is 1. The molecule has 6 heteroatoms. The molecule has 82 valence electrons. The number of ether oxygens (including phenoxy) is 1. The summed E-state index contributed by atoms with van der Waals surface area (Å²) in [5.41, 5.74) is -0.579. The van der Waals surface area contributed by atoms with Crippen LogP contribution in [0.2, 0.25) is 5.02 Å². The molecular weight excluding hydrogens is 233 g/mol. The Labute approximate surface area is 88.6 Å². The van der Waals surface area contributed by atoms with Crippen molar-refractivity contribution in [2.45, 2.75) is 6.18 Å². The van der Waals surface area contributed by atoms with Crippen LogP contribution in [-0.2, 0) is 0 Å². The quantitative estimate of drug-likeness (QED) is 0.740. The van der Waals surface area contributed by atoms with Crippen LogP contribution in [0.4, 0.5) is 13.2 Å². The van der Waals surface area contributed by atoms with Crippen LogP contribution in [0.25, 0.3) is 0 Å². The van der Waals surface area contributed by atoms with Crippen molar-refractivity contribution in [3.8, 4) is 5.75 Å². The fourth-order valence-corrected chi connectivity index (χ4v) is 1.22. The molecule has 0 aliphatic heterocycles. The maximum absolute atomic E-state index is 12.1. The maximum atomic E-state index is 12.1. The molecule has 1 rings (SSSR count). The second-order valence-corrected chi connectivity index (χ2v) is 3.08. The molecule has 0 fully saturated rings. The monoisotopic (exact) mass is 238 g/mol. The van der Waals surface area contributed by atoms with Gasteiger partial charge >= 0.3 is 6.18 Å². The minimum absolute atomic E-state index is 0.281. The van der Waals surface area contributed by atoms with E-state index in [2.05, 4.69) is 0 Å². The van der Waals surface area contributed by atoms with Crippen LogP contribution in [0.5, 0.6) is 5.75 Å². The summed E-state index contributed by atoms with van der Waals surface area (Å²) in [6.07, 6.45) is -4.92.